The van der Waals surface area contributed by atoms with Crippen molar-refractivity contribution in [2.24, 2.45) is 5.73 Å². The molecule has 2 aromatic rings. The second-order valence-corrected chi connectivity index (χ2v) is 5.41. The van der Waals surface area contributed by atoms with Crippen molar-refractivity contribution in [3.05, 3.63) is 65.2 Å². The molecule has 0 saturated carbocycles. The number of nitrogens with one attached hydrogen (secondary N) is 1. The number of fused-ring (bicyclic) bond motifs is 1. The summed E-state index contributed by atoms with van der Waals surface area (Å²) in [5.41, 5.74) is 7.21. The van der Waals surface area contributed by atoms with Crippen LogP contribution in [0.1, 0.15) is 32.4 Å². The summed E-state index contributed by atoms with van der Waals surface area (Å²) in [5, 5.41) is 11.8. The first kappa shape index (κ1) is 15.5. The lowest BCUT2D eigenvalue weighted by Crippen LogP contribution is -2.49. The molecule has 3 rings (SSSR count). The summed E-state index contributed by atoms with van der Waals surface area (Å²) in [5.74, 6) is -1.83. The van der Waals surface area contributed by atoms with Gasteiger partial charge >= 0.3 is 5.97 Å². The number of benzene rings is 2. The number of amides is 2. The van der Waals surface area contributed by atoms with Crippen LogP contribution in [0.2, 0.25) is 0 Å². The largest absolute Gasteiger partial charge is 0.478 e. The van der Waals surface area contributed by atoms with E-state index in [9.17, 15) is 14.4 Å². The number of para-hydroxylation sites is 1. The van der Waals surface area contributed by atoms with Gasteiger partial charge in [0, 0.05) is 0 Å². The smallest absolute Gasteiger partial charge is 0.335 e. The molecule has 0 saturated heterocycles. The molecule has 0 spiro atoms. The van der Waals surface area contributed by atoms with Crippen LogP contribution in [0.15, 0.2) is 48.5 Å². The molecule has 0 aliphatic carbocycles. The molecule has 1 aliphatic rings. The van der Waals surface area contributed by atoms with Crippen molar-refractivity contribution in [1.82, 2.24) is 5.32 Å². The van der Waals surface area contributed by atoms with Gasteiger partial charge in [0.2, 0.25) is 5.91 Å². The maximum Gasteiger partial charge on any atom is 0.335 e. The molecule has 0 bridgehead atoms. The van der Waals surface area contributed by atoms with Gasteiger partial charge in [-0.1, -0.05) is 24.3 Å². The molecule has 0 fully saturated rings. The summed E-state index contributed by atoms with van der Waals surface area (Å²) in [6.45, 7) is -0.0807. The Bertz CT molecular complexity index is 817. The summed E-state index contributed by atoms with van der Waals surface area (Å²) in [4.78, 5) is 36.5. The second kappa shape index (κ2) is 6.04. The van der Waals surface area contributed by atoms with Crippen molar-refractivity contribution in [2.45, 2.75) is 6.17 Å². The molecular weight excluding hydrogens is 310 g/mol. The molecule has 2 aromatic carbocycles. The number of carboxylic acid groups (broad SMARTS) is 1. The van der Waals surface area contributed by atoms with Crippen LogP contribution in [0.3, 0.4) is 0 Å². The Morgan fingerprint density at radius 1 is 1.12 bits per heavy atom. The monoisotopic (exact) mass is 325 g/mol. The van der Waals surface area contributed by atoms with Crippen LogP contribution in [-0.4, -0.2) is 29.4 Å². The van der Waals surface area contributed by atoms with Gasteiger partial charge in [-0.25, -0.2) is 4.79 Å². The molecule has 1 aliphatic heterocycles. The van der Waals surface area contributed by atoms with E-state index in [0.717, 1.165) is 0 Å². The Morgan fingerprint density at radius 2 is 1.79 bits per heavy atom. The molecule has 1 heterocycles. The van der Waals surface area contributed by atoms with E-state index < -0.39 is 18.0 Å². The van der Waals surface area contributed by atoms with E-state index in [0.29, 0.717) is 16.8 Å². The Morgan fingerprint density at radius 3 is 2.42 bits per heavy atom. The summed E-state index contributed by atoms with van der Waals surface area (Å²) in [6, 6.07) is 13.0. The number of aromatic carboxylic acids is 1. The lowest BCUT2D eigenvalue weighted by molar-refractivity contribution is -0.116. The minimum atomic E-state index is -1.03. The average Bonchev–Trinajstić information content (AvgIpc) is 2.57. The predicted octanol–water partition coefficient (Wildman–Crippen LogP) is 1.12. The molecule has 0 unspecified atom stereocenters. The van der Waals surface area contributed by atoms with Gasteiger partial charge in [-0.15, -0.1) is 0 Å². The van der Waals surface area contributed by atoms with Crippen LogP contribution >= 0.6 is 0 Å². The number of nitrogens with zero attached hydrogens (tertiary/aromatic N) is 1. The number of hydrogen-bond donors (Lipinski definition) is 3. The summed E-state index contributed by atoms with van der Waals surface area (Å²) in [7, 11) is 0. The highest BCUT2D eigenvalue weighted by Gasteiger charge is 2.32. The van der Waals surface area contributed by atoms with E-state index in [1.807, 2.05) is 0 Å². The third-order valence-corrected chi connectivity index (χ3v) is 3.84. The van der Waals surface area contributed by atoms with Crippen LogP contribution in [0, 0.1) is 0 Å². The minimum Gasteiger partial charge on any atom is -0.478 e. The zero-order chi connectivity index (χ0) is 17.3. The number of nitrogens with two attached hydrogens (primary N) is 1. The molecule has 0 radical (unpaired) electrons. The van der Waals surface area contributed by atoms with Gasteiger partial charge in [0.1, 0.15) is 6.17 Å². The van der Waals surface area contributed by atoms with Crippen LogP contribution in [0.5, 0.6) is 0 Å². The van der Waals surface area contributed by atoms with E-state index in [1.54, 1.807) is 41.3 Å². The lowest BCUT2D eigenvalue weighted by Gasteiger charge is -2.38. The van der Waals surface area contributed by atoms with Gasteiger partial charge in [-0.05, 0) is 29.8 Å². The number of primary amides is 1. The third kappa shape index (κ3) is 2.79. The molecule has 122 valence electrons. The van der Waals surface area contributed by atoms with Crippen molar-refractivity contribution in [2.75, 3.05) is 11.4 Å². The van der Waals surface area contributed by atoms with Crippen molar-refractivity contribution in [1.29, 1.82) is 0 Å². The van der Waals surface area contributed by atoms with Gasteiger partial charge in [0.25, 0.3) is 5.91 Å². The number of carboxylic acids is 1. The minimum absolute atomic E-state index is 0.0807. The van der Waals surface area contributed by atoms with Crippen LogP contribution in [-0.2, 0) is 4.79 Å². The van der Waals surface area contributed by atoms with Crippen LogP contribution < -0.4 is 16.0 Å². The van der Waals surface area contributed by atoms with Crippen molar-refractivity contribution in [3.63, 3.8) is 0 Å². The Kier molecular flexibility index (Phi) is 3.91. The van der Waals surface area contributed by atoms with Gasteiger partial charge in [0.15, 0.2) is 0 Å². The van der Waals surface area contributed by atoms with E-state index in [-0.39, 0.29) is 18.0 Å². The topological polar surface area (TPSA) is 113 Å². The lowest BCUT2D eigenvalue weighted by atomic mass is 10.0. The highest BCUT2D eigenvalue weighted by molar-refractivity contribution is 6.02. The third-order valence-electron chi connectivity index (χ3n) is 3.84. The number of carbonyl (C=O) groups excluding carboxylic acids is 2. The maximum absolute atomic E-state index is 12.3. The highest BCUT2D eigenvalue weighted by atomic mass is 16.4. The van der Waals surface area contributed by atoms with Crippen molar-refractivity contribution in [3.8, 4) is 0 Å². The fourth-order valence-electron chi connectivity index (χ4n) is 2.75. The van der Waals surface area contributed by atoms with E-state index in [4.69, 9.17) is 10.8 Å². The van der Waals surface area contributed by atoms with E-state index >= 15 is 0 Å². The van der Waals surface area contributed by atoms with E-state index in [1.165, 1.54) is 12.1 Å². The predicted molar refractivity (Wildman–Crippen MR) is 86.6 cm³/mol. The average molecular weight is 325 g/mol. The molecule has 7 nitrogen and oxygen atoms in total. The second-order valence-electron chi connectivity index (χ2n) is 5.41. The zero-order valence-corrected chi connectivity index (χ0v) is 12.6. The standard InChI is InChI=1S/C17H15N3O4/c18-14(21)9-20-13-4-2-1-3-12(13)16(22)19-15(20)10-5-7-11(8-6-10)17(23)24/h1-8,15H,9H2,(H2,18,21)(H,19,22)(H,23,24)/t15-/m1/s1. The molecule has 2 amide bonds. The number of anilines is 1. The Labute approximate surface area is 137 Å². The SMILES string of the molecule is NC(=O)CN1c2ccccc2C(=O)N[C@H]1c1ccc(C(=O)O)cc1. The van der Waals surface area contributed by atoms with Gasteiger partial charge in [-0.2, -0.15) is 0 Å². The van der Waals surface area contributed by atoms with Gasteiger partial charge in [-0.3, -0.25) is 9.59 Å². The highest BCUT2D eigenvalue weighted by Crippen LogP contribution is 2.32. The first-order valence-electron chi connectivity index (χ1n) is 7.25. The van der Waals surface area contributed by atoms with Crippen molar-refractivity contribution >= 4 is 23.5 Å². The molecule has 1 atom stereocenters. The number of rotatable bonds is 4. The van der Waals surface area contributed by atoms with Crippen molar-refractivity contribution < 1.29 is 19.5 Å². The fraction of sp³-hybridized carbons (Fsp3) is 0.118. The van der Waals surface area contributed by atoms with Crippen LogP contribution in [0.25, 0.3) is 0 Å². The maximum atomic E-state index is 12.3. The molecular formula is C17H15N3O4. The first-order valence-corrected chi connectivity index (χ1v) is 7.25. The summed E-state index contributed by atoms with van der Waals surface area (Å²) < 4.78 is 0. The number of hydrogen-bond acceptors (Lipinski definition) is 4. The Balaban J connectivity index is 2.04. The molecule has 7 heteroatoms. The fourth-order valence-corrected chi connectivity index (χ4v) is 2.75. The molecule has 0 aromatic heterocycles. The van der Waals surface area contributed by atoms with Crippen LogP contribution in [0.4, 0.5) is 5.69 Å². The molecule has 4 N–H and O–H groups in total. The normalized spacial score (nSPS) is 16.2. The first-order chi connectivity index (χ1) is 11.5. The van der Waals surface area contributed by atoms with E-state index in [2.05, 4.69) is 5.32 Å². The number of carbonyl (C=O) groups is 3. The van der Waals surface area contributed by atoms with Gasteiger partial charge in [0.05, 0.1) is 23.4 Å². The Hall–Kier alpha value is -3.35. The zero-order valence-electron chi connectivity index (χ0n) is 12.6. The molecule has 24 heavy (non-hydrogen) atoms. The van der Waals surface area contributed by atoms with Gasteiger partial charge < -0.3 is 21.1 Å². The summed E-state index contributed by atoms with van der Waals surface area (Å²) >= 11 is 0. The summed E-state index contributed by atoms with van der Waals surface area (Å²) in [6.07, 6.45) is -0.609. The quantitative estimate of drug-likeness (QED) is 0.779.